The molecule has 0 spiro atoms. The van der Waals surface area contributed by atoms with Gasteiger partial charge in [-0.3, -0.25) is 9.59 Å². The van der Waals surface area contributed by atoms with Crippen LogP contribution in [-0.2, 0) is 20.7 Å². The van der Waals surface area contributed by atoms with E-state index in [2.05, 4.69) is 5.32 Å². The lowest BCUT2D eigenvalue weighted by molar-refractivity contribution is -0.142. The summed E-state index contributed by atoms with van der Waals surface area (Å²) in [4.78, 5) is 37.9. The molecule has 0 saturated heterocycles. The summed E-state index contributed by atoms with van der Waals surface area (Å²) in [5.74, 6) is -2.09. The zero-order valence-corrected chi connectivity index (χ0v) is 16.8. The van der Waals surface area contributed by atoms with Crippen LogP contribution in [-0.4, -0.2) is 32.1 Å². The van der Waals surface area contributed by atoms with Crippen molar-refractivity contribution in [2.75, 3.05) is 19.5 Å². The first-order valence-electron chi connectivity index (χ1n) is 7.95. The molecule has 0 aliphatic heterocycles. The number of carbonyl (C=O) groups is 3. The number of anilines is 1. The molecule has 2 aromatic rings. The van der Waals surface area contributed by atoms with E-state index in [0.29, 0.717) is 28.4 Å². The van der Waals surface area contributed by atoms with Gasteiger partial charge < -0.3 is 14.8 Å². The third-order valence-electron chi connectivity index (χ3n) is 4.31. The molecule has 1 aliphatic rings. The van der Waals surface area contributed by atoms with Crippen LogP contribution in [0.25, 0.3) is 0 Å². The molecule has 3 rings (SSSR count). The predicted octanol–water partition coefficient (Wildman–Crippen LogP) is 4.30. The van der Waals surface area contributed by atoms with E-state index < -0.39 is 23.8 Å². The van der Waals surface area contributed by atoms with Crippen LogP contribution in [0.5, 0.6) is 0 Å². The van der Waals surface area contributed by atoms with E-state index in [9.17, 15) is 14.4 Å². The van der Waals surface area contributed by atoms with Gasteiger partial charge in [-0.1, -0.05) is 23.2 Å². The number of nitrogens with one attached hydrogen (secondary N) is 1. The van der Waals surface area contributed by atoms with Crippen molar-refractivity contribution in [2.24, 2.45) is 0 Å². The molecule has 0 unspecified atom stereocenters. The van der Waals surface area contributed by atoms with Gasteiger partial charge in [0.2, 0.25) is 0 Å². The summed E-state index contributed by atoms with van der Waals surface area (Å²) in [5, 5.41) is 3.62. The van der Waals surface area contributed by atoms with Gasteiger partial charge >= 0.3 is 11.9 Å². The highest BCUT2D eigenvalue weighted by Crippen LogP contribution is 2.46. The van der Waals surface area contributed by atoms with Crippen LogP contribution in [0, 0.1) is 0 Å². The summed E-state index contributed by atoms with van der Waals surface area (Å²) in [7, 11) is 2.55. The normalized spacial score (nSPS) is 15.2. The first-order valence-corrected chi connectivity index (χ1v) is 9.52. The van der Waals surface area contributed by atoms with E-state index in [1.54, 1.807) is 6.07 Å². The second-order valence-electron chi connectivity index (χ2n) is 5.83. The smallest absolute Gasteiger partial charge is 0.341 e. The van der Waals surface area contributed by atoms with Gasteiger partial charge in [-0.2, -0.15) is 0 Å². The summed E-state index contributed by atoms with van der Waals surface area (Å²) < 4.78 is 9.71. The van der Waals surface area contributed by atoms with Crippen molar-refractivity contribution in [3.05, 3.63) is 49.8 Å². The minimum Gasteiger partial charge on any atom is -0.469 e. The molecule has 9 heteroatoms. The van der Waals surface area contributed by atoms with Crippen molar-refractivity contribution in [1.29, 1.82) is 0 Å². The van der Waals surface area contributed by atoms with Gasteiger partial charge in [0.1, 0.15) is 5.00 Å². The summed E-state index contributed by atoms with van der Waals surface area (Å²) in [6.07, 6.45) is 1.16. The Bertz CT molecular complexity index is 940. The SMILES string of the molecule is COC(=O)c1c(NC(=O)c2ccc(Cl)cc2Cl)sc2c1[C@@H](C(=O)OC)CC2. The maximum Gasteiger partial charge on any atom is 0.341 e. The monoisotopic (exact) mass is 427 g/mol. The molecule has 1 atom stereocenters. The molecule has 6 nitrogen and oxygen atoms in total. The Kier molecular flexibility index (Phi) is 5.74. The molecule has 0 radical (unpaired) electrons. The molecule has 0 saturated carbocycles. The van der Waals surface area contributed by atoms with Gasteiger partial charge in [0.25, 0.3) is 5.91 Å². The van der Waals surface area contributed by atoms with Crippen LogP contribution in [0.15, 0.2) is 18.2 Å². The first-order chi connectivity index (χ1) is 12.9. The number of carbonyl (C=O) groups excluding carboxylic acids is 3. The van der Waals surface area contributed by atoms with E-state index >= 15 is 0 Å². The molecule has 1 aromatic heterocycles. The van der Waals surface area contributed by atoms with Crippen LogP contribution >= 0.6 is 34.5 Å². The number of hydrogen-bond acceptors (Lipinski definition) is 6. The van der Waals surface area contributed by atoms with Crippen LogP contribution in [0.1, 0.15) is 43.5 Å². The molecule has 0 fully saturated rings. The zero-order valence-electron chi connectivity index (χ0n) is 14.4. The first kappa shape index (κ1) is 19.7. The van der Waals surface area contributed by atoms with Crippen LogP contribution in [0.3, 0.4) is 0 Å². The fourth-order valence-electron chi connectivity index (χ4n) is 3.08. The van der Waals surface area contributed by atoms with E-state index in [1.807, 2.05) is 0 Å². The predicted molar refractivity (Wildman–Crippen MR) is 103 cm³/mol. The van der Waals surface area contributed by atoms with E-state index in [4.69, 9.17) is 32.7 Å². The van der Waals surface area contributed by atoms with E-state index in [1.165, 1.54) is 37.7 Å². The fraction of sp³-hybridized carbons (Fsp3) is 0.278. The Balaban J connectivity index is 2.00. The zero-order chi connectivity index (χ0) is 19.7. The summed E-state index contributed by atoms with van der Waals surface area (Å²) >= 11 is 13.2. The van der Waals surface area contributed by atoms with E-state index in [0.717, 1.165) is 4.88 Å². The fourth-order valence-corrected chi connectivity index (χ4v) is 4.83. The molecule has 1 aliphatic carbocycles. The third kappa shape index (κ3) is 3.67. The number of thiophene rings is 1. The Hall–Kier alpha value is -2.09. The Morgan fingerprint density at radius 1 is 1.19 bits per heavy atom. The number of benzene rings is 1. The molecule has 0 bridgehead atoms. The van der Waals surface area contributed by atoms with Crippen molar-refractivity contribution in [2.45, 2.75) is 18.8 Å². The molecule has 142 valence electrons. The molecule has 1 N–H and O–H groups in total. The van der Waals surface area contributed by atoms with Gasteiger partial charge in [-0.15, -0.1) is 11.3 Å². The van der Waals surface area contributed by atoms with Crippen molar-refractivity contribution in [1.82, 2.24) is 0 Å². The minimum absolute atomic E-state index is 0.184. The maximum absolute atomic E-state index is 12.6. The average Bonchev–Trinajstić information content (AvgIpc) is 3.18. The molecule has 27 heavy (non-hydrogen) atoms. The minimum atomic E-state index is -0.624. The van der Waals surface area contributed by atoms with Gasteiger partial charge in [0.15, 0.2) is 0 Å². The summed E-state index contributed by atoms with van der Waals surface area (Å²) in [6, 6.07) is 4.50. The highest BCUT2D eigenvalue weighted by molar-refractivity contribution is 7.17. The number of rotatable bonds is 4. The second-order valence-corrected chi connectivity index (χ2v) is 7.78. The average molecular weight is 428 g/mol. The molecule has 1 aromatic carbocycles. The number of halogens is 2. The van der Waals surface area contributed by atoms with Crippen molar-refractivity contribution < 1.29 is 23.9 Å². The lowest BCUT2D eigenvalue weighted by Gasteiger charge is -2.12. The number of amides is 1. The number of aryl methyl sites for hydroxylation is 1. The van der Waals surface area contributed by atoms with Crippen molar-refractivity contribution in [3.8, 4) is 0 Å². The number of fused-ring (bicyclic) bond motifs is 1. The molecule has 1 heterocycles. The van der Waals surface area contributed by atoms with Crippen LogP contribution in [0.2, 0.25) is 10.0 Å². The van der Waals surface area contributed by atoms with Crippen molar-refractivity contribution in [3.63, 3.8) is 0 Å². The van der Waals surface area contributed by atoms with E-state index in [-0.39, 0.29) is 16.1 Å². The lowest BCUT2D eigenvalue weighted by atomic mass is 9.99. The third-order valence-corrected chi connectivity index (χ3v) is 6.04. The van der Waals surface area contributed by atoms with Crippen LogP contribution < -0.4 is 5.32 Å². The second kappa shape index (κ2) is 7.88. The Morgan fingerprint density at radius 2 is 1.93 bits per heavy atom. The van der Waals surface area contributed by atoms with Crippen molar-refractivity contribution >= 4 is 57.4 Å². The largest absolute Gasteiger partial charge is 0.469 e. The molecular formula is C18H15Cl2NO5S. The number of methoxy groups -OCH3 is 2. The number of hydrogen-bond donors (Lipinski definition) is 1. The van der Waals surface area contributed by atoms with Gasteiger partial charge in [0, 0.05) is 9.90 Å². The van der Waals surface area contributed by atoms with Crippen LogP contribution in [0.4, 0.5) is 5.00 Å². The van der Waals surface area contributed by atoms with Gasteiger partial charge in [-0.25, -0.2) is 4.79 Å². The summed E-state index contributed by atoms with van der Waals surface area (Å²) in [6.45, 7) is 0. The quantitative estimate of drug-likeness (QED) is 0.735. The number of esters is 2. The topological polar surface area (TPSA) is 81.7 Å². The molecule has 1 amide bonds. The lowest BCUT2D eigenvalue weighted by Crippen LogP contribution is -2.18. The summed E-state index contributed by atoms with van der Waals surface area (Å²) in [5.41, 5.74) is 0.968. The highest BCUT2D eigenvalue weighted by atomic mass is 35.5. The molecular weight excluding hydrogens is 413 g/mol. The standard InChI is InChI=1S/C18H15Cl2NO5S/c1-25-17(23)10-5-6-12-13(10)14(18(24)26-2)16(27-12)21-15(22)9-4-3-8(19)7-11(9)20/h3-4,7,10H,5-6H2,1-2H3,(H,21,22)/t10-/m0/s1. The Morgan fingerprint density at radius 3 is 2.56 bits per heavy atom. The maximum atomic E-state index is 12.6. The van der Waals surface area contributed by atoms with Gasteiger partial charge in [0.05, 0.1) is 36.3 Å². The Labute approximate surface area is 169 Å². The van der Waals surface area contributed by atoms with Gasteiger partial charge in [-0.05, 0) is 36.6 Å². The highest BCUT2D eigenvalue weighted by Gasteiger charge is 2.38. The number of ether oxygens (including phenoxy) is 2.